The minimum absolute atomic E-state index is 0.0303. The molecule has 1 aliphatic carbocycles. The number of hydrogen-bond donors (Lipinski definition) is 4. The van der Waals surface area contributed by atoms with Gasteiger partial charge < -0.3 is 20.3 Å². The van der Waals surface area contributed by atoms with E-state index in [1.807, 2.05) is 24.3 Å². The summed E-state index contributed by atoms with van der Waals surface area (Å²) < 4.78 is 5.42. The monoisotopic (exact) mass is 393 g/mol. The Labute approximate surface area is 168 Å². The van der Waals surface area contributed by atoms with Gasteiger partial charge in [0.15, 0.2) is 0 Å². The van der Waals surface area contributed by atoms with Crippen molar-refractivity contribution in [2.45, 2.75) is 25.0 Å². The Hall–Kier alpha value is -3.16. The van der Waals surface area contributed by atoms with E-state index in [4.69, 9.17) is 4.74 Å². The number of H-pyrrole nitrogens is 1. The third kappa shape index (κ3) is 3.74. The molecule has 3 aromatic rings. The van der Waals surface area contributed by atoms with Crippen LogP contribution < -0.4 is 5.32 Å². The van der Waals surface area contributed by atoms with Crippen molar-refractivity contribution in [3.05, 3.63) is 77.1 Å². The fourth-order valence-electron chi connectivity index (χ4n) is 3.81. The number of fused-ring (bicyclic) bond motifs is 3. The van der Waals surface area contributed by atoms with Gasteiger partial charge in [0, 0.05) is 23.7 Å². The van der Waals surface area contributed by atoms with Gasteiger partial charge in [0.05, 0.1) is 6.20 Å². The second-order valence-corrected chi connectivity index (χ2v) is 7.17. The Morgan fingerprint density at radius 3 is 2.34 bits per heavy atom. The van der Waals surface area contributed by atoms with E-state index in [0.29, 0.717) is 11.3 Å². The van der Waals surface area contributed by atoms with Gasteiger partial charge in [-0.25, -0.2) is 4.79 Å². The van der Waals surface area contributed by atoms with Gasteiger partial charge in [0.1, 0.15) is 18.8 Å². The summed E-state index contributed by atoms with van der Waals surface area (Å²) in [5, 5.41) is 29.4. The van der Waals surface area contributed by atoms with E-state index in [0.717, 1.165) is 22.3 Å². The van der Waals surface area contributed by atoms with Crippen LogP contribution in [0.15, 0.2) is 54.7 Å². The average molecular weight is 393 g/mol. The number of aromatic nitrogens is 2. The van der Waals surface area contributed by atoms with Crippen molar-refractivity contribution in [2.24, 2.45) is 0 Å². The lowest BCUT2D eigenvalue weighted by Gasteiger charge is -2.19. The van der Waals surface area contributed by atoms with E-state index in [-0.39, 0.29) is 19.1 Å². The minimum atomic E-state index is -1.17. The topological polar surface area (TPSA) is 107 Å². The molecule has 4 N–H and O–H groups in total. The van der Waals surface area contributed by atoms with Crippen LogP contribution in [-0.2, 0) is 4.74 Å². The molecule has 4 rings (SSSR count). The van der Waals surface area contributed by atoms with Gasteiger partial charge in [-0.05, 0) is 29.2 Å². The van der Waals surface area contributed by atoms with Crippen LogP contribution in [0.2, 0.25) is 0 Å². The summed E-state index contributed by atoms with van der Waals surface area (Å²) in [5.74, 6) is -0.0303. The standard InChI is InChI=1S/C22H23N3O4/c1-13-18(10-24-25-13)21(27)20(26)11-23-22(28)29-12-19-16-8-4-2-6-14(16)15-7-3-5-9-17(15)19/h2-10,19-21,26-27H,11-12H2,1H3,(H,23,28)(H,24,25). The molecule has 29 heavy (non-hydrogen) atoms. The Bertz CT molecular complexity index is 971. The van der Waals surface area contributed by atoms with Crippen LogP contribution in [0.25, 0.3) is 11.1 Å². The number of amides is 1. The molecule has 150 valence electrons. The first-order valence-electron chi connectivity index (χ1n) is 9.51. The highest BCUT2D eigenvalue weighted by Gasteiger charge is 2.29. The number of nitrogens with one attached hydrogen (secondary N) is 2. The molecule has 1 heterocycles. The molecule has 0 radical (unpaired) electrons. The zero-order chi connectivity index (χ0) is 20.4. The van der Waals surface area contributed by atoms with Crippen molar-refractivity contribution >= 4 is 6.09 Å². The number of aliphatic hydroxyl groups excluding tert-OH is 2. The fourth-order valence-corrected chi connectivity index (χ4v) is 3.81. The molecule has 0 bridgehead atoms. The molecule has 1 amide bonds. The highest BCUT2D eigenvalue weighted by atomic mass is 16.5. The number of aliphatic hydroxyl groups is 2. The van der Waals surface area contributed by atoms with Gasteiger partial charge in [-0.2, -0.15) is 5.10 Å². The molecule has 2 atom stereocenters. The number of alkyl carbamates (subject to hydrolysis) is 1. The number of carbonyl (C=O) groups is 1. The maximum Gasteiger partial charge on any atom is 0.407 e. The summed E-state index contributed by atoms with van der Waals surface area (Å²) in [4.78, 5) is 12.2. The van der Waals surface area contributed by atoms with Crippen molar-refractivity contribution in [3.8, 4) is 11.1 Å². The number of nitrogens with zero attached hydrogens (tertiary/aromatic N) is 1. The summed E-state index contributed by atoms with van der Waals surface area (Å²) >= 11 is 0. The highest BCUT2D eigenvalue weighted by molar-refractivity contribution is 5.79. The number of ether oxygens (including phenoxy) is 1. The van der Waals surface area contributed by atoms with Gasteiger partial charge in [-0.15, -0.1) is 0 Å². The Morgan fingerprint density at radius 1 is 1.14 bits per heavy atom. The maximum absolute atomic E-state index is 12.2. The molecule has 7 heteroatoms. The van der Waals surface area contributed by atoms with Crippen LogP contribution in [0.3, 0.4) is 0 Å². The number of aromatic amines is 1. The van der Waals surface area contributed by atoms with Crippen molar-refractivity contribution in [1.29, 1.82) is 0 Å². The van der Waals surface area contributed by atoms with E-state index < -0.39 is 18.3 Å². The van der Waals surface area contributed by atoms with Crippen LogP contribution in [0.5, 0.6) is 0 Å². The van der Waals surface area contributed by atoms with Crippen LogP contribution in [-0.4, -0.2) is 45.8 Å². The predicted octanol–water partition coefficient (Wildman–Crippen LogP) is 2.65. The summed E-state index contributed by atoms with van der Waals surface area (Å²) in [7, 11) is 0. The Morgan fingerprint density at radius 2 is 1.76 bits per heavy atom. The molecule has 0 fully saturated rings. The van der Waals surface area contributed by atoms with Crippen LogP contribution in [0.1, 0.15) is 34.4 Å². The molecular formula is C22H23N3O4. The molecule has 0 saturated carbocycles. The quantitative estimate of drug-likeness (QED) is 0.515. The van der Waals surface area contributed by atoms with E-state index in [1.165, 1.54) is 6.20 Å². The van der Waals surface area contributed by atoms with Gasteiger partial charge >= 0.3 is 6.09 Å². The van der Waals surface area contributed by atoms with E-state index in [2.05, 4.69) is 39.8 Å². The zero-order valence-electron chi connectivity index (χ0n) is 16.0. The second kappa shape index (κ2) is 8.06. The van der Waals surface area contributed by atoms with Gasteiger partial charge in [-0.3, -0.25) is 5.10 Å². The van der Waals surface area contributed by atoms with Gasteiger partial charge in [0.2, 0.25) is 0 Å². The average Bonchev–Trinajstić information content (AvgIpc) is 3.31. The first-order chi connectivity index (χ1) is 14.1. The molecule has 2 aromatic carbocycles. The van der Waals surface area contributed by atoms with Crippen molar-refractivity contribution in [2.75, 3.05) is 13.2 Å². The zero-order valence-corrected chi connectivity index (χ0v) is 16.0. The number of carbonyl (C=O) groups excluding carboxylic acids is 1. The molecule has 2 unspecified atom stereocenters. The third-order valence-electron chi connectivity index (χ3n) is 5.35. The molecule has 0 spiro atoms. The van der Waals surface area contributed by atoms with Crippen molar-refractivity contribution in [1.82, 2.24) is 15.5 Å². The molecule has 1 aromatic heterocycles. The largest absolute Gasteiger partial charge is 0.449 e. The van der Waals surface area contributed by atoms with Crippen molar-refractivity contribution in [3.63, 3.8) is 0 Å². The van der Waals surface area contributed by atoms with Crippen LogP contribution in [0, 0.1) is 6.92 Å². The van der Waals surface area contributed by atoms with Crippen LogP contribution >= 0.6 is 0 Å². The molecule has 0 aliphatic heterocycles. The lowest BCUT2D eigenvalue weighted by atomic mass is 9.98. The minimum Gasteiger partial charge on any atom is -0.449 e. The third-order valence-corrected chi connectivity index (χ3v) is 5.35. The Balaban J connectivity index is 1.35. The fraction of sp³-hybridized carbons (Fsp3) is 0.273. The number of benzene rings is 2. The summed E-state index contributed by atoms with van der Waals surface area (Å²) in [6, 6.07) is 16.2. The number of rotatable bonds is 6. The van der Waals surface area contributed by atoms with E-state index >= 15 is 0 Å². The summed E-state index contributed by atoms with van der Waals surface area (Å²) in [6.07, 6.45) is -1.51. The second-order valence-electron chi connectivity index (χ2n) is 7.17. The van der Waals surface area contributed by atoms with Gasteiger partial charge in [-0.1, -0.05) is 48.5 Å². The number of hydrogen-bond acceptors (Lipinski definition) is 5. The van der Waals surface area contributed by atoms with E-state index in [9.17, 15) is 15.0 Å². The van der Waals surface area contributed by atoms with E-state index in [1.54, 1.807) is 6.92 Å². The lowest BCUT2D eigenvalue weighted by Crippen LogP contribution is -2.36. The molecule has 1 aliphatic rings. The first-order valence-corrected chi connectivity index (χ1v) is 9.51. The lowest BCUT2D eigenvalue weighted by molar-refractivity contribution is 0.0182. The SMILES string of the molecule is Cc1[nH]ncc1C(O)C(O)CNC(=O)OCC1c2ccccc2-c2ccccc21. The Kier molecular flexibility index (Phi) is 5.33. The molecular weight excluding hydrogens is 370 g/mol. The van der Waals surface area contributed by atoms with Crippen LogP contribution in [0.4, 0.5) is 4.79 Å². The smallest absolute Gasteiger partial charge is 0.407 e. The maximum atomic E-state index is 12.2. The molecule has 0 saturated heterocycles. The highest BCUT2D eigenvalue weighted by Crippen LogP contribution is 2.44. The summed E-state index contributed by atoms with van der Waals surface area (Å²) in [5.41, 5.74) is 5.74. The predicted molar refractivity (Wildman–Crippen MR) is 107 cm³/mol. The number of aryl methyl sites for hydroxylation is 1. The summed E-state index contributed by atoms with van der Waals surface area (Å²) in [6.45, 7) is 1.80. The van der Waals surface area contributed by atoms with Crippen molar-refractivity contribution < 1.29 is 19.7 Å². The molecule has 7 nitrogen and oxygen atoms in total. The normalized spacial score (nSPS) is 14.7. The first kappa shape index (κ1) is 19.2. The van der Waals surface area contributed by atoms with Gasteiger partial charge in [0.25, 0.3) is 0 Å².